The third-order valence-corrected chi connectivity index (χ3v) is 4.58. The highest BCUT2D eigenvalue weighted by Crippen LogP contribution is 2.10. The summed E-state index contributed by atoms with van der Waals surface area (Å²) in [7, 11) is 0. The van der Waals surface area contributed by atoms with Gasteiger partial charge >= 0.3 is 0 Å². The Morgan fingerprint density at radius 1 is 0.833 bits per heavy atom. The summed E-state index contributed by atoms with van der Waals surface area (Å²) in [6.45, 7) is 5.87. The van der Waals surface area contributed by atoms with E-state index in [0.29, 0.717) is 6.04 Å². The molecule has 1 fully saturated rings. The van der Waals surface area contributed by atoms with Crippen LogP contribution < -0.4 is 5.32 Å². The molecule has 1 N–H and O–H groups in total. The lowest BCUT2D eigenvalue weighted by Gasteiger charge is -2.26. The van der Waals surface area contributed by atoms with Crippen LogP contribution in [0.2, 0.25) is 0 Å². The molecular formula is C21H28N2O. The van der Waals surface area contributed by atoms with Gasteiger partial charge in [-0.2, -0.15) is 0 Å². The molecular weight excluding hydrogens is 296 g/mol. The highest BCUT2D eigenvalue weighted by atomic mass is 16.5. The predicted molar refractivity (Wildman–Crippen MR) is 98.8 cm³/mol. The molecule has 0 atom stereocenters. The summed E-state index contributed by atoms with van der Waals surface area (Å²) in [6.07, 6.45) is 2.27. The van der Waals surface area contributed by atoms with Crippen molar-refractivity contribution in [2.45, 2.75) is 32.0 Å². The molecule has 0 aromatic heterocycles. The number of rotatable bonds is 8. The lowest BCUT2D eigenvalue weighted by atomic mass is 10.1. The maximum absolute atomic E-state index is 5.43. The van der Waals surface area contributed by atoms with Gasteiger partial charge in [-0.25, -0.2) is 0 Å². The van der Waals surface area contributed by atoms with Gasteiger partial charge in [-0.3, -0.25) is 4.90 Å². The Morgan fingerprint density at radius 2 is 1.38 bits per heavy atom. The first-order valence-electron chi connectivity index (χ1n) is 9.01. The van der Waals surface area contributed by atoms with Crippen LogP contribution >= 0.6 is 0 Å². The van der Waals surface area contributed by atoms with Crippen molar-refractivity contribution in [2.75, 3.05) is 26.3 Å². The molecule has 128 valence electrons. The zero-order valence-corrected chi connectivity index (χ0v) is 14.4. The number of nitrogens with one attached hydrogen (secondary N) is 1. The van der Waals surface area contributed by atoms with E-state index in [9.17, 15) is 0 Å². The molecule has 2 aromatic rings. The molecule has 3 nitrogen and oxygen atoms in total. The second kappa shape index (κ2) is 9.58. The Bertz CT molecular complexity index is 525. The fourth-order valence-corrected chi connectivity index (χ4v) is 3.23. The quantitative estimate of drug-likeness (QED) is 0.805. The van der Waals surface area contributed by atoms with E-state index < -0.39 is 0 Å². The third-order valence-electron chi connectivity index (χ3n) is 4.58. The van der Waals surface area contributed by atoms with Gasteiger partial charge in [0.2, 0.25) is 0 Å². The van der Waals surface area contributed by atoms with Crippen molar-refractivity contribution in [3.63, 3.8) is 0 Å². The minimum absolute atomic E-state index is 0.619. The first kappa shape index (κ1) is 17.2. The SMILES string of the molecule is c1ccc(CN(CCNC2CCOCC2)Cc2ccccc2)cc1. The second-order valence-corrected chi connectivity index (χ2v) is 6.52. The Balaban J connectivity index is 1.54. The van der Waals surface area contributed by atoms with Crippen molar-refractivity contribution >= 4 is 0 Å². The largest absolute Gasteiger partial charge is 0.381 e. The fraction of sp³-hybridized carbons (Fsp3) is 0.429. The first-order valence-corrected chi connectivity index (χ1v) is 9.01. The smallest absolute Gasteiger partial charge is 0.0480 e. The minimum atomic E-state index is 0.619. The molecule has 0 aliphatic carbocycles. The molecule has 3 heteroatoms. The average Bonchev–Trinajstić information content (AvgIpc) is 2.64. The van der Waals surface area contributed by atoms with E-state index in [0.717, 1.165) is 52.2 Å². The zero-order valence-electron chi connectivity index (χ0n) is 14.4. The predicted octanol–water partition coefficient (Wildman–Crippen LogP) is 3.46. The van der Waals surface area contributed by atoms with Gasteiger partial charge in [-0.1, -0.05) is 60.7 Å². The van der Waals surface area contributed by atoms with Gasteiger partial charge in [-0.15, -0.1) is 0 Å². The van der Waals surface area contributed by atoms with Crippen LogP contribution in [-0.4, -0.2) is 37.2 Å². The summed E-state index contributed by atoms with van der Waals surface area (Å²) in [5.74, 6) is 0. The average molecular weight is 324 g/mol. The maximum atomic E-state index is 5.43. The van der Waals surface area contributed by atoms with Crippen molar-refractivity contribution in [3.05, 3.63) is 71.8 Å². The fourth-order valence-electron chi connectivity index (χ4n) is 3.23. The summed E-state index contributed by atoms with van der Waals surface area (Å²) in [5, 5.41) is 3.70. The van der Waals surface area contributed by atoms with E-state index in [2.05, 4.69) is 70.9 Å². The van der Waals surface area contributed by atoms with E-state index in [4.69, 9.17) is 4.74 Å². The van der Waals surface area contributed by atoms with Crippen LogP contribution in [0.25, 0.3) is 0 Å². The normalized spacial score (nSPS) is 15.7. The summed E-state index contributed by atoms with van der Waals surface area (Å²) >= 11 is 0. The summed E-state index contributed by atoms with van der Waals surface area (Å²) in [5.41, 5.74) is 2.75. The van der Waals surface area contributed by atoms with Crippen LogP contribution in [0.1, 0.15) is 24.0 Å². The van der Waals surface area contributed by atoms with Gasteiger partial charge in [0.05, 0.1) is 0 Å². The second-order valence-electron chi connectivity index (χ2n) is 6.52. The van der Waals surface area contributed by atoms with E-state index in [1.54, 1.807) is 0 Å². The van der Waals surface area contributed by atoms with Crippen LogP contribution in [-0.2, 0) is 17.8 Å². The van der Waals surface area contributed by atoms with Gasteiger partial charge in [0.25, 0.3) is 0 Å². The molecule has 1 saturated heterocycles. The van der Waals surface area contributed by atoms with Gasteiger partial charge in [-0.05, 0) is 24.0 Å². The minimum Gasteiger partial charge on any atom is -0.381 e. The van der Waals surface area contributed by atoms with Crippen molar-refractivity contribution in [3.8, 4) is 0 Å². The monoisotopic (exact) mass is 324 g/mol. The molecule has 0 unspecified atom stereocenters. The Labute approximate surface area is 145 Å². The van der Waals surface area contributed by atoms with Crippen molar-refractivity contribution in [1.29, 1.82) is 0 Å². The lowest BCUT2D eigenvalue weighted by Crippen LogP contribution is -2.39. The zero-order chi connectivity index (χ0) is 16.5. The van der Waals surface area contributed by atoms with Crippen LogP contribution in [0, 0.1) is 0 Å². The van der Waals surface area contributed by atoms with Crippen LogP contribution in [0.15, 0.2) is 60.7 Å². The summed E-state index contributed by atoms with van der Waals surface area (Å²) in [6, 6.07) is 22.1. The Kier molecular flexibility index (Phi) is 6.84. The van der Waals surface area contributed by atoms with Gasteiger partial charge in [0.15, 0.2) is 0 Å². The molecule has 0 amide bonds. The molecule has 1 aliphatic rings. The molecule has 1 heterocycles. The topological polar surface area (TPSA) is 24.5 Å². The first-order chi connectivity index (χ1) is 11.9. The number of hydrogen-bond donors (Lipinski definition) is 1. The van der Waals surface area contributed by atoms with E-state index in [1.807, 2.05) is 0 Å². The molecule has 2 aromatic carbocycles. The van der Waals surface area contributed by atoms with Gasteiger partial charge in [0.1, 0.15) is 0 Å². The molecule has 0 radical (unpaired) electrons. The van der Waals surface area contributed by atoms with Crippen molar-refractivity contribution < 1.29 is 4.74 Å². The number of hydrogen-bond acceptors (Lipinski definition) is 3. The van der Waals surface area contributed by atoms with Crippen molar-refractivity contribution in [2.24, 2.45) is 0 Å². The Hall–Kier alpha value is -1.68. The molecule has 24 heavy (non-hydrogen) atoms. The number of ether oxygens (including phenoxy) is 1. The van der Waals surface area contributed by atoms with Gasteiger partial charge in [0, 0.05) is 45.4 Å². The molecule has 0 spiro atoms. The summed E-state index contributed by atoms with van der Waals surface area (Å²) in [4.78, 5) is 2.52. The molecule has 0 saturated carbocycles. The van der Waals surface area contributed by atoms with Crippen LogP contribution in [0.4, 0.5) is 0 Å². The number of nitrogens with zero attached hydrogens (tertiary/aromatic N) is 1. The van der Waals surface area contributed by atoms with E-state index in [-0.39, 0.29) is 0 Å². The lowest BCUT2D eigenvalue weighted by molar-refractivity contribution is 0.0770. The standard InChI is InChI=1S/C21H28N2O/c1-3-7-19(8-4-1)17-23(18-20-9-5-2-6-10-20)14-13-22-21-11-15-24-16-12-21/h1-10,21-22H,11-18H2. The van der Waals surface area contributed by atoms with Crippen molar-refractivity contribution in [1.82, 2.24) is 10.2 Å². The maximum Gasteiger partial charge on any atom is 0.0480 e. The van der Waals surface area contributed by atoms with E-state index in [1.165, 1.54) is 11.1 Å². The highest BCUT2D eigenvalue weighted by Gasteiger charge is 2.13. The number of benzene rings is 2. The molecule has 1 aliphatic heterocycles. The van der Waals surface area contributed by atoms with Crippen LogP contribution in [0.3, 0.4) is 0 Å². The molecule has 0 bridgehead atoms. The molecule has 3 rings (SSSR count). The highest BCUT2D eigenvalue weighted by molar-refractivity contribution is 5.17. The van der Waals surface area contributed by atoms with E-state index >= 15 is 0 Å². The third kappa shape index (κ3) is 5.75. The van der Waals surface area contributed by atoms with Crippen LogP contribution in [0.5, 0.6) is 0 Å². The summed E-state index contributed by atoms with van der Waals surface area (Å²) < 4.78 is 5.43. The Morgan fingerprint density at radius 3 is 1.92 bits per heavy atom. The van der Waals surface area contributed by atoms with Gasteiger partial charge < -0.3 is 10.1 Å².